The van der Waals surface area contributed by atoms with Crippen molar-refractivity contribution in [3.63, 3.8) is 0 Å². The van der Waals surface area contributed by atoms with Gasteiger partial charge in [-0.2, -0.15) is 0 Å². The number of aryl methyl sites for hydroxylation is 1. The van der Waals surface area contributed by atoms with E-state index < -0.39 is 11.1 Å². The van der Waals surface area contributed by atoms with E-state index in [-0.39, 0.29) is 29.6 Å². The molecule has 0 aliphatic heterocycles. The van der Waals surface area contributed by atoms with Crippen LogP contribution in [-0.2, 0) is 17.5 Å². The van der Waals surface area contributed by atoms with Gasteiger partial charge in [-0.3, -0.25) is 4.21 Å². The maximum atomic E-state index is 10.8. The molecular weight excluding hydrogens is 303 g/mol. The van der Waals surface area contributed by atoms with Gasteiger partial charge in [0.05, 0.1) is 0 Å². The maximum Gasteiger partial charge on any atom is 1.00 e. The van der Waals surface area contributed by atoms with Crippen LogP contribution in [0.4, 0.5) is 0 Å². The Labute approximate surface area is 161 Å². The van der Waals surface area contributed by atoms with Crippen LogP contribution in [0.5, 0.6) is 0 Å². The second-order valence-corrected chi connectivity index (χ2v) is 6.75. The number of rotatable bonds is 12. The molecule has 0 fully saturated rings. The van der Waals surface area contributed by atoms with Crippen molar-refractivity contribution < 1.29 is 38.3 Å². The van der Waals surface area contributed by atoms with E-state index in [9.17, 15) is 8.76 Å². The molecule has 0 aliphatic carbocycles. The first-order valence-corrected chi connectivity index (χ1v) is 9.49. The van der Waals surface area contributed by atoms with E-state index in [2.05, 4.69) is 6.92 Å². The molecule has 1 aromatic carbocycles. The Morgan fingerprint density at radius 2 is 1.27 bits per heavy atom. The molecule has 0 saturated heterocycles. The van der Waals surface area contributed by atoms with Crippen molar-refractivity contribution in [2.24, 2.45) is 0 Å². The van der Waals surface area contributed by atoms with Crippen LogP contribution in [-0.4, -0.2) is 8.76 Å². The summed E-state index contributed by atoms with van der Waals surface area (Å²) in [7, 11) is 0. The van der Waals surface area contributed by atoms with Gasteiger partial charge in [-0.15, -0.1) is 0 Å². The Morgan fingerprint density at radius 1 is 0.818 bits per heavy atom. The molecular formula is C18H29NaO2S. The Kier molecular flexibility index (Phi) is 15.1. The van der Waals surface area contributed by atoms with Crippen molar-refractivity contribution >= 4 is 11.1 Å². The van der Waals surface area contributed by atoms with E-state index in [1.165, 1.54) is 69.8 Å². The summed E-state index contributed by atoms with van der Waals surface area (Å²) in [4.78, 5) is 0.377. The molecule has 0 bridgehead atoms. The van der Waals surface area contributed by atoms with Crippen LogP contribution < -0.4 is 29.6 Å². The zero-order valence-corrected chi connectivity index (χ0v) is 17.1. The van der Waals surface area contributed by atoms with Crippen LogP contribution in [0.3, 0.4) is 0 Å². The summed E-state index contributed by atoms with van der Waals surface area (Å²) in [5.41, 5.74) is 1.24. The summed E-state index contributed by atoms with van der Waals surface area (Å²) < 4.78 is 21.5. The summed E-state index contributed by atoms with van der Waals surface area (Å²) in [6.45, 7) is 2.26. The van der Waals surface area contributed by atoms with Crippen molar-refractivity contribution in [3.8, 4) is 0 Å². The topological polar surface area (TPSA) is 40.1 Å². The van der Waals surface area contributed by atoms with Crippen LogP contribution >= 0.6 is 0 Å². The van der Waals surface area contributed by atoms with E-state index in [1.807, 2.05) is 12.1 Å². The normalized spacial score (nSPS) is 11.9. The first-order chi connectivity index (χ1) is 10.2. The molecule has 0 heterocycles. The molecule has 1 aromatic rings. The molecule has 22 heavy (non-hydrogen) atoms. The van der Waals surface area contributed by atoms with E-state index >= 15 is 0 Å². The van der Waals surface area contributed by atoms with Crippen LogP contribution in [0.2, 0.25) is 0 Å². The molecule has 0 amide bonds. The Morgan fingerprint density at radius 3 is 1.73 bits per heavy atom. The summed E-state index contributed by atoms with van der Waals surface area (Å²) in [6.07, 6.45) is 14.5. The first-order valence-electron chi connectivity index (χ1n) is 8.42. The number of benzene rings is 1. The molecule has 2 nitrogen and oxygen atoms in total. The molecule has 4 heteroatoms. The number of hydrogen-bond donors (Lipinski definition) is 0. The minimum atomic E-state index is -2.10. The van der Waals surface area contributed by atoms with Gasteiger partial charge in [0.1, 0.15) is 0 Å². The van der Waals surface area contributed by atoms with E-state index in [4.69, 9.17) is 0 Å². The van der Waals surface area contributed by atoms with Crippen LogP contribution in [0.25, 0.3) is 0 Å². The van der Waals surface area contributed by atoms with Gasteiger partial charge in [0.15, 0.2) is 0 Å². The molecule has 0 spiro atoms. The smallest absolute Gasteiger partial charge is 0.768 e. The minimum absolute atomic E-state index is 0. The van der Waals surface area contributed by atoms with E-state index in [0.29, 0.717) is 4.90 Å². The second-order valence-electron chi connectivity index (χ2n) is 5.81. The summed E-state index contributed by atoms with van der Waals surface area (Å²) in [5, 5.41) is 0. The van der Waals surface area contributed by atoms with Crippen molar-refractivity contribution in [2.75, 3.05) is 0 Å². The molecule has 0 N–H and O–H groups in total. The van der Waals surface area contributed by atoms with E-state index in [0.717, 1.165) is 6.42 Å². The minimum Gasteiger partial charge on any atom is -0.768 e. The predicted molar refractivity (Wildman–Crippen MR) is 89.2 cm³/mol. The Hall–Kier alpha value is 0.330. The van der Waals surface area contributed by atoms with Gasteiger partial charge in [-0.25, -0.2) is 0 Å². The molecule has 1 rings (SSSR count). The zero-order valence-electron chi connectivity index (χ0n) is 14.3. The Balaban J connectivity index is 0.00000441. The molecule has 0 aliphatic rings. The predicted octanol–water partition coefficient (Wildman–Crippen LogP) is 2.39. The quantitative estimate of drug-likeness (QED) is 0.335. The molecule has 1 atom stereocenters. The van der Waals surface area contributed by atoms with Crippen LogP contribution in [0.15, 0.2) is 29.2 Å². The zero-order chi connectivity index (χ0) is 15.3. The van der Waals surface area contributed by atoms with Gasteiger partial charge in [0, 0.05) is 4.90 Å². The fourth-order valence-corrected chi connectivity index (χ4v) is 2.94. The van der Waals surface area contributed by atoms with Gasteiger partial charge in [-0.05, 0) is 41.6 Å². The monoisotopic (exact) mass is 332 g/mol. The second kappa shape index (κ2) is 14.9. The first kappa shape index (κ1) is 22.3. The summed E-state index contributed by atoms with van der Waals surface area (Å²) >= 11 is -2.10. The third-order valence-corrected chi connectivity index (χ3v) is 4.59. The van der Waals surface area contributed by atoms with Crippen LogP contribution in [0.1, 0.15) is 76.7 Å². The average molecular weight is 332 g/mol. The Bertz CT molecular complexity index is 393. The van der Waals surface area contributed by atoms with Crippen molar-refractivity contribution in [1.29, 1.82) is 0 Å². The average Bonchev–Trinajstić information content (AvgIpc) is 2.49. The fraction of sp³-hybridized carbons (Fsp3) is 0.667. The number of hydrogen-bond acceptors (Lipinski definition) is 2. The van der Waals surface area contributed by atoms with Gasteiger partial charge >= 0.3 is 29.6 Å². The SMILES string of the molecule is CCCCCCCCCCCCc1ccc(S(=O)[O-])cc1.[Na+]. The maximum absolute atomic E-state index is 10.8. The largest absolute Gasteiger partial charge is 1.00 e. The third-order valence-electron chi connectivity index (χ3n) is 3.93. The molecule has 0 radical (unpaired) electrons. The van der Waals surface area contributed by atoms with Crippen molar-refractivity contribution in [1.82, 2.24) is 0 Å². The fourth-order valence-electron chi connectivity index (χ4n) is 2.58. The standard InChI is InChI=1S/C18H30O2S.Na/c1-2-3-4-5-6-7-8-9-10-11-12-17-13-15-18(16-14-17)21(19)20;/h13-16H,2-12H2,1H3,(H,19,20);/q;+1/p-1. The summed E-state index contributed by atoms with van der Waals surface area (Å²) in [6, 6.07) is 7.24. The molecule has 0 saturated carbocycles. The molecule has 120 valence electrons. The molecule has 0 aromatic heterocycles. The third kappa shape index (κ3) is 11.0. The van der Waals surface area contributed by atoms with Gasteiger partial charge in [-0.1, -0.05) is 76.8 Å². The molecule has 1 unspecified atom stereocenters. The van der Waals surface area contributed by atoms with E-state index in [1.54, 1.807) is 12.1 Å². The van der Waals surface area contributed by atoms with Crippen molar-refractivity contribution in [2.45, 2.75) is 82.4 Å². The number of unbranched alkanes of at least 4 members (excludes halogenated alkanes) is 9. The van der Waals surface area contributed by atoms with Crippen molar-refractivity contribution in [3.05, 3.63) is 29.8 Å². The van der Waals surface area contributed by atoms with Gasteiger partial charge < -0.3 is 4.55 Å². The summed E-state index contributed by atoms with van der Waals surface area (Å²) in [5.74, 6) is 0. The van der Waals surface area contributed by atoms with Crippen LogP contribution in [0, 0.1) is 0 Å². The van der Waals surface area contributed by atoms with Gasteiger partial charge in [0.25, 0.3) is 0 Å². The van der Waals surface area contributed by atoms with Gasteiger partial charge in [0.2, 0.25) is 0 Å².